The number of carbonyl (C=O) groups excluding carboxylic acids is 4. The van der Waals surface area contributed by atoms with Gasteiger partial charge < -0.3 is 30.9 Å². The molecule has 6 N–H and O–H groups in total. The number of carbonyl (C=O) groups is 4. The summed E-state index contributed by atoms with van der Waals surface area (Å²) in [5.41, 5.74) is 4.17. The minimum atomic E-state index is -0.952. The molecule has 1 aromatic heterocycles. The Hall–Kier alpha value is -4.81. The van der Waals surface area contributed by atoms with Gasteiger partial charge in [0.15, 0.2) is 0 Å². The first kappa shape index (κ1) is 29.2. The number of aryl methyl sites for hydroxylation is 1. The number of hydrogen-bond acceptors (Lipinski definition) is 6. The molecule has 0 saturated carbocycles. The second-order valence-electron chi connectivity index (χ2n) is 9.88. The predicted molar refractivity (Wildman–Crippen MR) is 153 cm³/mol. The van der Waals surface area contributed by atoms with Crippen molar-refractivity contribution < 1.29 is 28.7 Å². The molecule has 0 unspecified atom stereocenters. The Morgan fingerprint density at radius 3 is 2.51 bits per heavy atom. The van der Waals surface area contributed by atoms with E-state index in [2.05, 4.69) is 26.3 Å². The molecule has 0 fully saturated rings. The number of aromatic nitrogens is 1. The van der Waals surface area contributed by atoms with Crippen LogP contribution in [-0.4, -0.2) is 65.9 Å². The minimum Gasteiger partial charge on any atom is -0.392 e. The number of halogens is 1. The van der Waals surface area contributed by atoms with Crippen LogP contribution in [0.25, 0.3) is 11.6 Å². The van der Waals surface area contributed by atoms with Crippen molar-refractivity contribution in [1.82, 2.24) is 20.5 Å². The number of aliphatic hydroxyl groups excluding tert-OH is 1. The average molecular weight is 563 g/mol. The molecule has 5 amide bonds. The minimum absolute atomic E-state index is 0.198. The monoisotopic (exact) mass is 562 g/mol. The van der Waals surface area contributed by atoms with E-state index in [0.29, 0.717) is 58.0 Å². The summed E-state index contributed by atoms with van der Waals surface area (Å²) in [6, 6.07) is 7.41. The summed E-state index contributed by atoms with van der Waals surface area (Å²) in [5, 5.41) is 19.3. The van der Waals surface area contributed by atoms with E-state index >= 15 is 0 Å². The van der Waals surface area contributed by atoms with Gasteiger partial charge in [-0.25, -0.2) is 9.18 Å². The number of amides is 5. The van der Waals surface area contributed by atoms with E-state index in [1.54, 1.807) is 25.1 Å². The van der Waals surface area contributed by atoms with Crippen LogP contribution in [0.3, 0.4) is 0 Å². The van der Waals surface area contributed by atoms with Gasteiger partial charge in [0.25, 0.3) is 17.7 Å². The molecule has 0 spiro atoms. The van der Waals surface area contributed by atoms with Crippen molar-refractivity contribution in [3.63, 3.8) is 0 Å². The normalized spacial score (nSPS) is 13.2. The summed E-state index contributed by atoms with van der Waals surface area (Å²) >= 11 is 0. The van der Waals surface area contributed by atoms with Crippen molar-refractivity contribution in [3.05, 3.63) is 81.4 Å². The fraction of sp³-hybridized carbons (Fsp3) is 0.241. The Kier molecular flexibility index (Phi) is 8.65. The van der Waals surface area contributed by atoms with Crippen LogP contribution in [0.4, 0.5) is 20.6 Å². The molecular weight excluding hydrogens is 531 g/mol. The number of nitrogens with zero attached hydrogens (tertiary/aromatic N) is 1. The van der Waals surface area contributed by atoms with Crippen LogP contribution in [0.15, 0.2) is 36.4 Å². The van der Waals surface area contributed by atoms with Gasteiger partial charge in [-0.15, -0.1) is 0 Å². The van der Waals surface area contributed by atoms with Gasteiger partial charge in [0.2, 0.25) is 0 Å². The maximum Gasteiger partial charge on any atom is 0.326 e. The molecule has 4 rings (SSSR count). The highest BCUT2D eigenvalue weighted by atomic mass is 19.1. The maximum atomic E-state index is 14.1. The van der Waals surface area contributed by atoms with Crippen molar-refractivity contribution in [2.45, 2.75) is 20.5 Å². The fourth-order valence-corrected chi connectivity index (χ4v) is 4.47. The number of H-pyrrole nitrogens is 1. The van der Waals surface area contributed by atoms with Crippen molar-refractivity contribution in [2.75, 3.05) is 37.8 Å². The number of aromatic amines is 1. The summed E-state index contributed by atoms with van der Waals surface area (Å²) in [5.74, 6) is -2.38. The van der Waals surface area contributed by atoms with Crippen LogP contribution >= 0.6 is 0 Å². The summed E-state index contributed by atoms with van der Waals surface area (Å²) in [7, 11) is 3.84. The second kappa shape index (κ2) is 12.1. The highest BCUT2D eigenvalue weighted by Crippen LogP contribution is 2.35. The zero-order chi connectivity index (χ0) is 29.8. The number of nitrogens with one attached hydrogen (secondary N) is 5. The number of hydrogen-bond donors (Lipinski definition) is 6. The molecule has 0 radical (unpaired) electrons. The summed E-state index contributed by atoms with van der Waals surface area (Å²) < 4.78 is 14.1. The molecule has 214 valence electrons. The number of imide groups is 1. The standard InChI is InChI=1S/C29H31FN6O5/c1-15-23(32-16(2)25(15)28(40)31-9-10-36(3)4)13-21-19-8-6-18(12-24(19)34-27(21)39)33-29(41)35-26(38)20-7-5-17(14-37)11-22(20)30/h5-8,11-13,32,37H,9-10,14H2,1-4H3,(H,31,40)(H,34,39)(H2,33,35,38,41)/b21-13-. The summed E-state index contributed by atoms with van der Waals surface area (Å²) in [4.78, 5) is 55.4. The van der Waals surface area contributed by atoms with Gasteiger partial charge in [0.1, 0.15) is 5.82 Å². The first-order valence-electron chi connectivity index (χ1n) is 12.8. The molecule has 12 heteroatoms. The number of likely N-dealkylation sites (N-methyl/N-ethyl adjacent to an activating group) is 1. The third-order valence-corrected chi connectivity index (χ3v) is 6.58. The maximum absolute atomic E-state index is 14.1. The topological polar surface area (TPSA) is 156 Å². The van der Waals surface area contributed by atoms with Crippen molar-refractivity contribution in [2.24, 2.45) is 0 Å². The molecule has 0 saturated heterocycles. The third kappa shape index (κ3) is 6.51. The van der Waals surface area contributed by atoms with Crippen LogP contribution in [0.1, 0.15) is 48.8 Å². The van der Waals surface area contributed by atoms with Crippen molar-refractivity contribution >= 4 is 46.8 Å². The zero-order valence-corrected chi connectivity index (χ0v) is 23.1. The highest BCUT2D eigenvalue weighted by Gasteiger charge is 2.26. The molecule has 41 heavy (non-hydrogen) atoms. The number of urea groups is 1. The molecule has 11 nitrogen and oxygen atoms in total. The van der Waals surface area contributed by atoms with E-state index in [4.69, 9.17) is 5.11 Å². The highest BCUT2D eigenvalue weighted by molar-refractivity contribution is 6.35. The molecule has 0 bridgehead atoms. The Morgan fingerprint density at radius 2 is 1.83 bits per heavy atom. The zero-order valence-electron chi connectivity index (χ0n) is 23.1. The first-order chi connectivity index (χ1) is 19.5. The van der Waals surface area contributed by atoms with Crippen LogP contribution < -0.4 is 21.3 Å². The lowest BCUT2D eigenvalue weighted by Gasteiger charge is -2.10. The van der Waals surface area contributed by atoms with E-state index in [1.807, 2.05) is 25.9 Å². The molecular formula is C29H31FN6O5. The SMILES string of the molecule is Cc1[nH]c(/C=C2\C(=O)Nc3cc(NC(=O)NC(=O)c4ccc(CO)cc4F)ccc32)c(C)c1C(=O)NCCN(C)C. The number of anilines is 2. The fourth-order valence-electron chi connectivity index (χ4n) is 4.47. The second-order valence-corrected chi connectivity index (χ2v) is 9.88. The van der Waals surface area contributed by atoms with Gasteiger partial charge in [0.05, 0.1) is 29.0 Å². The van der Waals surface area contributed by atoms with Gasteiger partial charge in [-0.1, -0.05) is 12.1 Å². The van der Waals surface area contributed by atoms with E-state index < -0.39 is 17.8 Å². The number of benzene rings is 2. The third-order valence-electron chi connectivity index (χ3n) is 6.58. The molecule has 2 heterocycles. The first-order valence-corrected chi connectivity index (χ1v) is 12.8. The smallest absolute Gasteiger partial charge is 0.326 e. The largest absolute Gasteiger partial charge is 0.392 e. The predicted octanol–water partition coefficient (Wildman–Crippen LogP) is 3.01. The molecule has 1 aliphatic heterocycles. The van der Waals surface area contributed by atoms with Crippen LogP contribution in [0.2, 0.25) is 0 Å². The average Bonchev–Trinajstić information content (AvgIpc) is 3.36. The van der Waals surface area contributed by atoms with Gasteiger partial charge >= 0.3 is 6.03 Å². The molecule has 2 aromatic carbocycles. The Labute approximate surface area is 235 Å². The lowest BCUT2D eigenvalue weighted by atomic mass is 10.0. The number of rotatable bonds is 8. The van der Waals surface area contributed by atoms with Crippen molar-refractivity contribution in [3.8, 4) is 0 Å². The Morgan fingerprint density at radius 1 is 1.07 bits per heavy atom. The van der Waals surface area contributed by atoms with Gasteiger partial charge in [-0.05, 0) is 69.4 Å². The molecule has 0 aliphatic carbocycles. The molecule has 0 atom stereocenters. The van der Waals surface area contributed by atoms with Crippen molar-refractivity contribution in [1.29, 1.82) is 0 Å². The lowest BCUT2D eigenvalue weighted by molar-refractivity contribution is -0.110. The number of fused-ring (bicyclic) bond motifs is 1. The Bertz CT molecular complexity index is 1580. The number of aliphatic hydroxyl groups is 1. The van der Waals surface area contributed by atoms with E-state index in [0.717, 1.165) is 6.07 Å². The van der Waals surface area contributed by atoms with Gasteiger partial charge in [-0.3, -0.25) is 19.7 Å². The van der Waals surface area contributed by atoms with E-state index in [1.165, 1.54) is 18.2 Å². The quantitative estimate of drug-likeness (QED) is 0.232. The molecule has 3 aromatic rings. The van der Waals surface area contributed by atoms with Crippen LogP contribution in [0.5, 0.6) is 0 Å². The van der Waals surface area contributed by atoms with Gasteiger partial charge in [-0.2, -0.15) is 0 Å². The Balaban J connectivity index is 1.47. The van der Waals surface area contributed by atoms with Crippen LogP contribution in [-0.2, 0) is 11.4 Å². The molecule has 1 aliphatic rings. The lowest BCUT2D eigenvalue weighted by Crippen LogP contribution is -2.34. The van der Waals surface area contributed by atoms with Gasteiger partial charge in [0, 0.05) is 35.7 Å². The van der Waals surface area contributed by atoms with E-state index in [-0.39, 0.29) is 29.7 Å². The van der Waals surface area contributed by atoms with Crippen LogP contribution in [0, 0.1) is 19.7 Å². The van der Waals surface area contributed by atoms with E-state index in [9.17, 15) is 23.6 Å². The summed E-state index contributed by atoms with van der Waals surface area (Å²) in [6.07, 6.45) is 1.68. The summed E-state index contributed by atoms with van der Waals surface area (Å²) in [6.45, 7) is 4.42.